The summed E-state index contributed by atoms with van der Waals surface area (Å²) >= 11 is 0. The second kappa shape index (κ2) is 7.12. The van der Waals surface area contributed by atoms with Gasteiger partial charge in [0.1, 0.15) is 6.04 Å². The van der Waals surface area contributed by atoms with Gasteiger partial charge in [-0.2, -0.15) is 0 Å². The van der Waals surface area contributed by atoms with Crippen molar-refractivity contribution in [3.8, 4) is 0 Å². The SMILES string of the molecule is NCCCC(N)C(=O)O.[Zn+2]. The van der Waals surface area contributed by atoms with Gasteiger partial charge in [0.2, 0.25) is 0 Å². The number of rotatable bonds is 4. The molecule has 0 spiro atoms. The van der Waals surface area contributed by atoms with Crippen molar-refractivity contribution < 1.29 is 29.4 Å². The molecule has 54 valence electrons. The van der Waals surface area contributed by atoms with Crippen LogP contribution >= 0.6 is 0 Å². The molecule has 0 aromatic heterocycles. The fourth-order valence-electron chi connectivity index (χ4n) is 0.461. The summed E-state index contributed by atoms with van der Waals surface area (Å²) in [5, 5.41) is 8.24. The summed E-state index contributed by atoms with van der Waals surface area (Å²) in [6, 6.07) is -0.742. The zero-order chi connectivity index (χ0) is 7.28. The van der Waals surface area contributed by atoms with E-state index in [0.717, 1.165) is 0 Å². The largest absolute Gasteiger partial charge is 2.00 e. The van der Waals surface area contributed by atoms with Crippen molar-refractivity contribution in [2.24, 2.45) is 11.5 Å². The number of carboxylic acids is 1. The van der Waals surface area contributed by atoms with Crippen LogP contribution in [0.1, 0.15) is 12.8 Å². The Balaban J connectivity index is 0. The summed E-state index contributed by atoms with van der Waals surface area (Å²) in [5.41, 5.74) is 10.3. The average molecular weight is 198 g/mol. The van der Waals surface area contributed by atoms with E-state index in [1.807, 2.05) is 0 Å². The van der Waals surface area contributed by atoms with Crippen LogP contribution in [0.15, 0.2) is 0 Å². The molecule has 0 bridgehead atoms. The molecule has 0 amide bonds. The summed E-state index contributed by atoms with van der Waals surface area (Å²) in [7, 11) is 0. The van der Waals surface area contributed by atoms with E-state index in [1.54, 1.807) is 0 Å². The first-order valence-electron chi connectivity index (χ1n) is 2.87. The maximum absolute atomic E-state index is 10.0. The number of hydrogen-bond donors (Lipinski definition) is 3. The Hall–Kier alpha value is 0.0134. The molecule has 0 rings (SSSR count). The quantitative estimate of drug-likeness (QED) is 0.512. The molecule has 0 aromatic rings. The molecule has 4 nitrogen and oxygen atoms in total. The second-order valence-electron chi connectivity index (χ2n) is 1.88. The van der Waals surface area contributed by atoms with E-state index in [0.29, 0.717) is 19.4 Å². The predicted octanol–water partition coefficient (Wildman–Crippen LogP) is -0.865. The van der Waals surface area contributed by atoms with Gasteiger partial charge in [-0.1, -0.05) is 0 Å². The third-order valence-corrected chi connectivity index (χ3v) is 1.04. The van der Waals surface area contributed by atoms with Gasteiger partial charge >= 0.3 is 25.4 Å². The van der Waals surface area contributed by atoms with E-state index >= 15 is 0 Å². The predicted molar refractivity (Wildman–Crippen MR) is 33.9 cm³/mol. The normalized spacial score (nSPS) is 11.8. The molecule has 0 aliphatic carbocycles. The zero-order valence-corrected chi connectivity index (χ0v) is 8.88. The van der Waals surface area contributed by atoms with Gasteiger partial charge in [0.05, 0.1) is 0 Å². The summed E-state index contributed by atoms with van der Waals surface area (Å²) in [5.74, 6) is -0.955. The van der Waals surface area contributed by atoms with E-state index in [9.17, 15) is 4.79 Å². The standard InChI is InChI=1S/C5H12N2O2.Zn/c6-3-1-2-4(7)5(8)9;/h4H,1-3,6-7H2,(H,8,9);/q;+2. The van der Waals surface area contributed by atoms with E-state index in [4.69, 9.17) is 16.6 Å². The molecule has 0 aliphatic rings. The van der Waals surface area contributed by atoms with E-state index in [1.165, 1.54) is 0 Å². The summed E-state index contributed by atoms with van der Waals surface area (Å²) in [6.07, 6.45) is 1.14. The van der Waals surface area contributed by atoms with Crippen LogP contribution in [-0.2, 0) is 24.3 Å². The molecule has 5 N–H and O–H groups in total. The summed E-state index contributed by atoms with van der Waals surface area (Å²) in [6.45, 7) is 0.501. The fraction of sp³-hybridized carbons (Fsp3) is 0.800. The van der Waals surface area contributed by atoms with Crippen LogP contribution in [0.5, 0.6) is 0 Å². The van der Waals surface area contributed by atoms with Crippen LogP contribution in [-0.4, -0.2) is 23.7 Å². The number of aliphatic carboxylic acids is 1. The molecule has 0 saturated heterocycles. The van der Waals surface area contributed by atoms with Gasteiger partial charge in [-0.15, -0.1) is 0 Å². The minimum atomic E-state index is -0.955. The van der Waals surface area contributed by atoms with E-state index in [-0.39, 0.29) is 19.5 Å². The molecular formula is C5H12N2O2Zn+2. The Bertz CT molecular complexity index is 99.6. The molecule has 0 aromatic carbocycles. The Morgan fingerprint density at radius 3 is 2.40 bits per heavy atom. The Labute approximate surface area is 72.7 Å². The minimum Gasteiger partial charge on any atom is -0.480 e. The Kier molecular flexibility index (Phi) is 9.03. The molecule has 0 fully saturated rings. The van der Waals surface area contributed by atoms with Crippen LogP contribution < -0.4 is 11.5 Å². The number of hydrogen-bond acceptors (Lipinski definition) is 3. The first-order chi connectivity index (χ1) is 4.18. The van der Waals surface area contributed by atoms with Gasteiger partial charge in [0.15, 0.2) is 0 Å². The summed E-state index contributed by atoms with van der Waals surface area (Å²) < 4.78 is 0. The van der Waals surface area contributed by atoms with Crippen LogP contribution in [0.4, 0.5) is 0 Å². The summed E-state index contributed by atoms with van der Waals surface area (Å²) in [4.78, 5) is 10.0. The number of carbonyl (C=O) groups is 1. The molecule has 0 radical (unpaired) electrons. The van der Waals surface area contributed by atoms with Gasteiger partial charge in [0, 0.05) is 0 Å². The van der Waals surface area contributed by atoms with Crippen LogP contribution in [0, 0.1) is 0 Å². The smallest absolute Gasteiger partial charge is 0.480 e. The van der Waals surface area contributed by atoms with Crippen LogP contribution in [0.25, 0.3) is 0 Å². The van der Waals surface area contributed by atoms with E-state index in [2.05, 4.69) is 0 Å². The average Bonchev–Trinajstić information content (AvgIpc) is 1.82. The molecule has 0 saturated carbocycles. The molecule has 1 unspecified atom stereocenters. The first kappa shape index (κ1) is 12.7. The number of nitrogens with two attached hydrogens (primary N) is 2. The second-order valence-corrected chi connectivity index (χ2v) is 1.88. The van der Waals surface area contributed by atoms with Crippen LogP contribution in [0.2, 0.25) is 0 Å². The van der Waals surface area contributed by atoms with Crippen molar-refractivity contribution in [2.45, 2.75) is 18.9 Å². The molecule has 1 atom stereocenters. The maximum atomic E-state index is 10.0. The molecule has 0 aliphatic heterocycles. The molecule has 5 heteroatoms. The third kappa shape index (κ3) is 6.14. The van der Waals surface area contributed by atoms with Gasteiger partial charge < -0.3 is 16.6 Å². The van der Waals surface area contributed by atoms with Crippen molar-refractivity contribution in [2.75, 3.05) is 6.54 Å². The van der Waals surface area contributed by atoms with Crippen molar-refractivity contribution in [1.29, 1.82) is 0 Å². The third-order valence-electron chi connectivity index (χ3n) is 1.04. The molecule has 10 heavy (non-hydrogen) atoms. The van der Waals surface area contributed by atoms with Crippen molar-refractivity contribution in [3.05, 3.63) is 0 Å². The van der Waals surface area contributed by atoms with Gasteiger partial charge in [-0.05, 0) is 19.4 Å². The maximum Gasteiger partial charge on any atom is 2.00 e. The van der Waals surface area contributed by atoms with Crippen molar-refractivity contribution in [3.63, 3.8) is 0 Å². The van der Waals surface area contributed by atoms with E-state index < -0.39 is 12.0 Å². The fourth-order valence-corrected chi connectivity index (χ4v) is 0.461. The Morgan fingerprint density at radius 2 is 2.10 bits per heavy atom. The van der Waals surface area contributed by atoms with Crippen molar-refractivity contribution in [1.82, 2.24) is 0 Å². The van der Waals surface area contributed by atoms with Crippen LogP contribution in [0.3, 0.4) is 0 Å². The van der Waals surface area contributed by atoms with Gasteiger partial charge in [0.25, 0.3) is 0 Å². The molecular weight excluding hydrogens is 185 g/mol. The number of carboxylic acid groups (broad SMARTS) is 1. The van der Waals surface area contributed by atoms with Crippen molar-refractivity contribution >= 4 is 5.97 Å². The molecule has 0 heterocycles. The van der Waals surface area contributed by atoms with Gasteiger partial charge in [-0.25, -0.2) is 0 Å². The zero-order valence-electron chi connectivity index (χ0n) is 5.92. The monoisotopic (exact) mass is 196 g/mol. The first-order valence-corrected chi connectivity index (χ1v) is 2.87. The topological polar surface area (TPSA) is 89.3 Å². The van der Waals surface area contributed by atoms with Gasteiger partial charge in [-0.3, -0.25) is 4.79 Å². The minimum absolute atomic E-state index is 0. The Morgan fingerprint density at radius 1 is 1.60 bits per heavy atom.